The van der Waals surface area contributed by atoms with Crippen LogP contribution in [0.15, 0.2) is 36.9 Å². The lowest BCUT2D eigenvalue weighted by Gasteiger charge is -2.12. The van der Waals surface area contributed by atoms with Crippen LogP contribution >= 0.6 is 0 Å². The maximum atomic E-state index is 11.8. The molecule has 2 aromatic heterocycles. The van der Waals surface area contributed by atoms with E-state index >= 15 is 0 Å². The van der Waals surface area contributed by atoms with Gasteiger partial charge in [-0.15, -0.1) is 0 Å². The quantitative estimate of drug-likeness (QED) is 0.862. The largest absolute Gasteiger partial charge is 0.354 e. The van der Waals surface area contributed by atoms with E-state index in [-0.39, 0.29) is 11.9 Å². The van der Waals surface area contributed by atoms with Crippen LogP contribution in [-0.4, -0.2) is 20.3 Å². The van der Waals surface area contributed by atoms with Crippen molar-refractivity contribution in [1.29, 1.82) is 0 Å². The Morgan fingerprint density at radius 1 is 1.42 bits per heavy atom. The summed E-state index contributed by atoms with van der Waals surface area (Å²) in [5.41, 5.74) is 1.03. The minimum atomic E-state index is 0.00720. The Morgan fingerprint density at radius 2 is 2.16 bits per heavy atom. The van der Waals surface area contributed by atoms with E-state index in [9.17, 15) is 4.79 Å². The van der Waals surface area contributed by atoms with Crippen molar-refractivity contribution in [2.24, 2.45) is 7.05 Å². The molecule has 2 aromatic rings. The molecule has 19 heavy (non-hydrogen) atoms. The van der Waals surface area contributed by atoms with Gasteiger partial charge in [0, 0.05) is 44.2 Å². The molecule has 0 saturated carbocycles. The number of carbonyl (C=O) groups is 1. The van der Waals surface area contributed by atoms with Gasteiger partial charge in [0.1, 0.15) is 0 Å². The molecular weight excluding hydrogens is 240 g/mol. The fourth-order valence-corrected chi connectivity index (χ4v) is 2.00. The van der Waals surface area contributed by atoms with E-state index in [1.165, 1.54) is 0 Å². The summed E-state index contributed by atoms with van der Waals surface area (Å²) in [6.45, 7) is 2.85. The van der Waals surface area contributed by atoms with Crippen LogP contribution in [0, 0.1) is 0 Å². The van der Waals surface area contributed by atoms with Gasteiger partial charge in [0.25, 0.3) is 0 Å². The first-order valence-electron chi connectivity index (χ1n) is 6.54. The van der Waals surface area contributed by atoms with E-state index in [4.69, 9.17) is 0 Å². The van der Waals surface area contributed by atoms with Crippen LogP contribution in [-0.2, 0) is 18.4 Å². The first-order chi connectivity index (χ1) is 9.15. The second kappa shape index (κ2) is 6.22. The summed E-state index contributed by atoms with van der Waals surface area (Å²) in [5, 5.41) is 7.09. The summed E-state index contributed by atoms with van der Waals surface area (Å²) >= 11 is 0. The van der Waals surface area contributed by atoms with Crippen molar-refractivity contribution in [3.63, 3.8) is 0 Å². The number of hydrogen-bond acceptors (Lipinski definition) is 2. The molecule has 0 aliphatic rings. The summed E-state index contributed by atoms with van der Waals surface area (Å²) in [6.07, 6.45) is 9.12. The van der Waals surface area contributed by atoms with Crippen molar-refractivity contribution < 1.29 is 4.79 Å². The van der Waals surface area contributed by atoms with Gasteiger partial charge in [-0.1, -0.05) is 0 Å². The highest BCUT2D eigenvalue weighted by molar-refractivity contribution is 5.76. The van der Waals surface area contributed by atoms with E-state index in [1.807, 2.05) is 44.7 Å². The van der Waals surface area contributed by atoms with Crippen LogP contribution in [0.2, 0.25) is 0 Å². The molecule has 102 valence electrons. The van der Waals surface area contributed by atoms with Gasteiger partial charge in [-0.3, -0.25) is 9.48 Å². The van der Waals surface area contributed by atoms with Crippen LogP contribution in [0.4, 0.5) is 0 Å². The Kier molecular flexibility index (Phi) is 4.39. The van der Waals surface area contributed by atoms with E-state index < -0.39 is 0 Å². The van der Waals surface area contributed by atoms with Gasteiger partial charge >= 0.3 is 0 Å². The lowest BCUT2D eigenvalue weighted by molar-refractivity contribution is -0.121. The molecule has 0 aliphatic carbocycles. The van der Waals surface area contributed by atoms with Crippen molar-refractivity contribution in [2.75, 3.05) is 0 Å². The summed E-state index contributed by atoms with van der Waals surface area (Å²) < 4.78 is 3.82. The molecule has 1 amide bonds. The maximum absolute atomic E-state index is 11.8. The van der Waals surface area contributed by atoms with Crippen LogP contribution < -0.4 is 5.32 Å². The molecule has 5 heteroatoms. The number of amides is 1. The zero-order valence-corrected chi connectivity index (χ0v) is 11.4. The second-order valence-electron chi connectivity index (χ2n) is 4.76. The third kappa shape index (κ3) is 3.98. The molecular formula is C14H20N4O. The van der Waals surface area contributed by atoms with Crippen molar-refractivity contribution in [2.45, 2.75) is 32.4 Å². The highest BCUT2D eigenvalue weighted by Crippen LogP contribution is 2.10. The summed E-state index contributed by atoms with van der Waals surface area (Å²) in [4.78, 5) is 11.8. The molecule has 0 bridgehead atoms. The third-order valence-electron chi connectivity index (χ3n) is 3.09. The van der Waals surface area contributed by atoms with Crippen molar-refractivity contribution >= 4 is 5.91 Å². The molecule has 2 heterocycles. The fourth-order valence-electron chi connectivity index (χ4n) is 2.00. The predicted octanol–water partition coefficient (Wildman–Crippen LogP) is 1.88. The first-order valence-corrected chi connectivity index (χ1v) is 6.54. The summed E-state index contributed by atoms with van der Waals surface area (Å²) in [7, 11) is 1.87. The van der Waals surface area contributed by atoms with Gasteiger partial charge in [0.15, 0.2) is 0 Å². The fraction of sp³-hybridized carbons (Fsp3) is 0.429. The minimum absolute atomic E-state index is 0.00720. The lowest BCUT2D eigenvalue weighted by Crippen LogP contribution is -2.26. The minimum Gasteiger partial charge on any atom is -0.354 e. The number of carbonyl (C=O) groups excluding carboxylic acids is 1. The maximum Gasteiger partial charge on any atom is 0.220 e. The first kappa shape index (κ1) is 13.4. The average Bonchev–Trinajstić information content (AvgIpc) is 3.00. The number of hydrogen-bond donors (Lipinski definition) is 1. The zero-order valence-electron chi connectivity index (χ0n) is 11.4. The number of nitrogens with one attached hydrogen (secondary N) is 1. The number of aromatic nitrogens is 3. The molecule has 0 spiro atoms. The van der Waals surface area contributed by atoms with Crippen LogP contribution in [0.3, 0.4) is 0 Å². The Labute approximate surface area is 113 Å². The monoisotopic (exact) mass is 260 g/mol. The Balaban J connectivity index is 1.72. The van der Waals surface area contributed by atoms with Crippen molar-refractivity contribution in [3.05, 3.63) is 42.5 Å². The van der Waals surface area contributed by atoms with Crippen LogP contribution in [0.5, 0.6) is 0 Å². The van der Waals surface area contributed by atoms with Gasteiger partial charge in [0.2, 0.25) is 5.91 Å². The van der Waals surface area contributed by atoms with Gasteiger partial charge in [0.05, 0.1) is 12.2 Å². The molecule has 0 saturated heterocycles. The number of rotatable bonds is 6. The van der Waals surface area contributed by atoms with E-state index in [1.54, 1.807) is 10.9 Å². The number of nitrogens with zero attached hydrogens (tertiary/aromatic N) is 3. The molecule has 1 atom stereocenters. The van der Waals surface area contributed by atoms with Crippen molar-refractivity contribution in [1.82, 2.24) is 19.7 Å². The zero-order chi connectivity index (χ0) is 13.7. The molecule has 0 fully saturated rings. The molecule has 0 aliphatic heterocycles. The van der Waals surface area contributed by atoms with Gasteiger partial charge in [-0.25, -0.2) is 0 Å². The number of aryl methyl sites for hydroxylation is 2. The van der Waals surface area contributed by atoms with E-state index in [2.05, 4.69) is 15.0 Å². The SMILES string of the molecule is CC(NC(=O)CCCn1cccc1)c1cnn(C)c1. The summed E-state index contributed by atoms with van der Waals surface area (Å²) in [5.74, 6) is 0.0866. The van der Waals surface area contributed by atoms with E-state index in [0.717, 1.165) is 18.5 Å². The molecule has 1 N–H and O–H groups in total. The summed E-state index contributed by atoms with van der Waals surface area (Å²) in [6, 6.07) is 3.99. The molecule has 1 unspecified atom stereocenters. The predicted molar refractivity (Wildman–Crippen MR) is 73.4 cm³/mol. The van der Waals surface area contributed by atoms with Crippen LogP contribution in [0.1, 0.15) is 31.4 Å². The molecule has 0 aromatic carbocycles. The lowest BCUT2D eigenvalue weighted by atomic mass is 10.2. The van der Waals surface area contributed by atoms with E-state index in [0.29, 0.717) is 6.42 Å². The Hall–Kier alpha value is -2.04. The second-order valence-corrected chi connectivity index (χ2v) is 4.76. The highest BCUT2D eigenvalue weighted by atomic mass is 16.1. The standard InChI is InChI=1S/C14H20N4O/c1-12(13-10-15-17(2)11-13)16-14(19)6-5-9-18-7-3-4-8-18/h3-4,7-8,10-12H,5-6,9H2,1-2H3,(H,16,19). The highest BCUT2D eigenvalue weighted by Gasteiger charge is 2.10. The molecule has 0 radical (unpaired) electrons. The third-order valence-corrected chi connectivity index (χ3v) is 3.09. The van der Waals surface area contributed by atoms with Crippen LogP contribution in [0.25, 0.3) is 0 Å². The Bertz CT molecular complexity index is 515. The van der Waals surface area contributed by atoms with Gasteiger partial charge in [-0.05, 0) is 25.5 Å². The Morgan fingerprint density at radius 3 is 2.79 bits per heavy atom. The van der Waals surface area contributed by atoms with Crippen molar-refractivity contribution in [3.8, 4) is 0 Å². The molecule has 2 rings (SSSR count). The van der Waals surface area contributed by atoms with Gasteiger partial charge < -0.3 is 9.88 Å². The smallest absolute Gasteiger partial charge is 0.220 e. The topological polar surface area (TPSA) is 51.9 Å². The normalized spacial score (nSPS) is 12.3. The average molecular weight is 260 g/mol. The van der Waals surface area contributed by atoms with Gasteiger partial charge in [-0.2, -0.15) is 5.10 Å². The molecule has 5 nitrogen and oxygen atoms in total.